The minimum atomic E-state index is -2.47. The maximum Gasteiger partial charge on any atom is 0.501 e. The van der Waals surface area contributed by atoms with Gasteiger partial charge < -0.3 is 40.8 Å². The number of epoxide rings is 2. The quantitative estimate of drug-likeness (QED) is 0.151. The summed E-state index contributed by atoms with van der Waals surface area (Å²) < 4.78 is 49.7. The Morgan fingerprint density at radius 1 is 0.794 bits per heavy atom. The SMILES string of the molecule is CCO[Si](CCCOCC1CO1)(OCC)OCC.CO[Si](CCC1CCC2OC2C1)(OC)OC. The van der Waals surface area contributed by atoms with Gasteiger partial charge in [-0.1, -0.05) is 0 Å². The minimum absolute atomic E-state index is 0.331. The molecule has 0 spiro atoms. The van der Waals surface area contributed by atoms with Crippen LogP contribution in [0.2, 0.25) is 12.1 Å². The maximum atomic E-state index is 5.76. The Morgan fingerprint density at radius 2 is 1.41 bits per heavy atom. The van der Waals surface area contributed by atoms with Crippen molar-refractivity contribution in [2.45, 2.75) is 83.3 Å². The van der Waals surface area contributed by atoms with Crippen molar-refractivity contribution in [2.75, 3.05) is 61.0 Å². The number of hydrogen-bond acceptors (Lipinski definition) is 9. The molecule has 34 heavy (non-hydrogen) atoms. The van der Waals surface area contributed by atoms with Crippen molar-refractivity contribution >= 4 is 17.6 Å². The molecule has 9 nitrogen and oxygen atoms in total. The van der Waals surface area contributed by atoms with E-state index >= 15 is 0 Å². The van der Waals surface area contributed by atoms with Crippen molar-refractivity contribution in [3.05, 3.63) is 0 Å². The van der Waals surface area contributed by atoms with Crippen LogP contribution in [0.5, 0.6) is 0 Å². The fourth-order valence-electron chi connectivity index (χ4n) is 4.46. The summed E-state index contributed by atoms with van der Waals surface area (Å²) in [6.45, 7) is 10.1. The molecular formula is C23H48O9Si2. The summed E-state index contributed by atoms with van der Waals surface area (Å²) in [4.78, 5) is 0. The average Bonchev–Trinajstić information content (AvgIpc) is 3.76. The van der Waals surface area contributed by atoms with Crippen molar-refractivity contribution in [3.8, 4) is 0 Å². The van der Waals surface area contributed by atoms with Gasteiger partial charge >= 0.3 is 17.6 Å². The predicted molar refractivity (Wildman–Crippen MR) is 133 cm³/mol. The molecule has 202 valence electrons. The molecule has 0 aromatic heterocycles. The smallest absolute Gasteiger partial charge is 0.379 e. The number of rotatable bonds is 18. The van der Waals surface area contributed by atoms with Gasteiger partial charge in [-0.3, -0.25) is 0 Å². The molecule has 3 aliphatic rings. The van der Waals surface area contributed by atoms with E-state index in [0.717, 1.165) is 37.5 Å². The number of fused-ring (bicyclic) bond motifs is 1. The van der Waals surface area contributed by atoms with Crippen molar-refractivity contribution in [1.82, 2.24) is 0 Å². The molecule has 2 aliphatic heterocycles. The minimum Gasteiger partial charge on any atom is -0.379 e. The maximum absolute atomic E-state index is 5.76. The average molecular weight is 525 g/mol. The van der Waals surface area contributed by atoms with Crippen LogP contribution in [-0.2, 0) is 40.8 Å². The molecule has 2 heterocycles. The van der Waals surface area contributed by atoms with Crippen LogP contribution in [0.25, 0.3) is 0 Å². The highest BCUT2D eigenvalue weighted by atomic mass is 28.4. The largest absolute Gasteiger partial charge is 0.501 e. The molecule has 1 saturated carbocycles. The second-order valence-electron chi connectivity index (χ2n) is 8.84. The molecule has 3 fully saturated rings. The Kier molecular flexibility index (Phi) is 14.3. The van der Waals surface area contributed by atoms with Gasteiger partial charge in [0.05, 0.1) is 25.4 Å². The Morgan fingerprint density at radius 3 is 1.91 bits per heavy atom. The molecule has 11 heteroatoms. The molecule has 0 bridgehead atoms. The van der Waals surface area contributed by atoms with Crippen LogP contribution in [0.1, 0.15) is 52.9 Å². The molecule has 2 saturated heterocycles. The summed E-state index contributed by atoms with van der Waals surface area (Å²) >= 11 is 0. The van der Waals surface area contributed by atoms with Gasteiger partial charge in [-0.05, 0) is 58.8 Å². The molecule has 4 unspecified atom stereocenters. The zero-order valence-corrected chi connectivity index (χ0v) is 24.2. The standard InChI is InChI=1S/C12H26O5Si.C11H22O4Si/c1-4-15-18(16-5-2,17-6-3)9-7-8-13-10-12-11-14-12;1-12-16(13-2,14-3)7-6-9-4-5-10-11(8-9)15-10/h12H,4-11H2,1-3H3;9-11H,4-8H2,1-3H3. The number of hydrogen-bond donors (Lipinski definition) is 0. The second-order valence-corrected chi connectivity index (χ2v) is 14.7. The van der Waals surface area contributed by atoms with Crippen LogP contribution in [-0.4, -0.2) is 96.9 Å². The van der Waals surface area contributed by atoms with Crippen LogP contribution < -0.4 is 0 Å². The summed E-state index contributed by atoms with van der Waals surface area (Å²) in [5.41, 5.74) is 0. The fourth-order valence-corrected chi connectivity index (χ4v) is 8.91. The molecule has 3 rings (SSSR count). The topological polar surface area (TPSA) is 89.7 Å². The van der Waals surface area contributed by atoms with E-state index in [-0.39, 0.29) is 0 Å². The van der Waals surface area contributed by atoms with Gasteiger partial charge in [-0.25, -0.2) is 0 Å². The van der Waals surface area contributed by atoms with Crippen LogP contribution in [0.4, 0.5) is 0 Å². The molecule has 0 aromatic rings. The van der Waals surface area contributed by atoms with Gasteiger partial charge in [0.15, 0.2) is 0 Å². The van der Waals surface area contributed by atoms with Crippen molar-refractivity contribution in [3.63, 3.8) is 0 Å². The van der Waals surface area contributed by atoms with Gasteiger partial charge in [0, 0.05) is 59.8 Å². The first-order valence-corrected chi connectivity index (χ1v) is 16.8. The summed E-state index contributed by atoms with van der Waals surface area (Å²) in [5, 5.41) is 0. The Balaban J connectivity index is 0.000000241. The van der Waals surface area contributed by atoms with Crippen LogP contribution in [0, 0.1) is 5.92 Å². The summed E-state index contributed by atoms with van der Waals surface area (Å²) in [5.74, 6) is 0.760. The van der Waals surface area contributed by atoms with E-state index < -0.39 is 17.6 Å². The third-order valence-corrected chi connectivity index (χ3v) is 12.4. The predicted octanol–water partition coefficient (Wildman–Crippen LogP) is 3.66. The van der Waals surface area contributed by atoms with Gasteiger partial charge in [-0.15, -0.1) is 0 Å². The Hall–Kier alpha value is 0.0738. The monoisotopic (exact) mass is 524 g/mol. The van der Waals surface area contributed by atoms with Gasteiger partial charge in [-0.2, -0.15) is 0 Å². The van der Waals surface area contributed by atoms with E-state index in [1.165, 1.54) is 19.3 Å². The summed E-state index contributed by atoms with van der Waals surface area (Å²) in [7, 11) is 0.223. The van der Waals surface area contributed by atoms with Crippen molar-refractivity contribution < 1.29 is 40.8 Å². The lowest BCUT2D eigenvalue weighted by atomic mass is 9.88. The first-order chi connectivity index (χ1) is 16.5. The van der Waals surface area contributed by atoms with Gasteiger partial charge in [0.1, 0.15) is 6.10 Å². The zero-order chi connectivity index (χ0) is 24.9. The van der Waals surface area contributed by atoms with Gasteiger partial charge in [0.2, 0.25) is 0 Å². The normalized spacial score (nSPS) is 25.9. The Bertz CT molecular complexity index is 509. The lowest BCUT2D eigenvalue weighted by Crippen LogP contribution is -2.46. The van der Waals surface area contributed by atoms with E-state index in [9.17, 15) is 0 Å². The van der Waals surface area contributed by atoms with E-state index in [4.69, 9.17) is 40.8 Å². The third-order valence-electron chi connectivity index (χ3n) is 6.48. The molecule has 0 aromatic carbocycles. The van der Waals surface area contributed by atoms with E-state index in [1.807, 2.05) is 20.8 Å². The fraction of sp³-hybridized carbons (Fsp3) is 1.00. The van der Waals surface area contributed by atoms with Crippen LogP contribution in [0.15, 0.2) is 0 Å². The third kappa shape index (κ3) is 10.6. The lowest BCUT2D eigenvalue weighted by Gasteiger charge is -2.28. The highest BCUT2D eigenvalue weighted by molar-refractivity contribution is 6.61. The first kappa shape index (κ1) is 30.3. The van der Waals surface area contributed by atoms with Crippen molar-refractivity contribution in [1.29, 1.82) is 0 Å². The molecule has 4 atom stereocenters. The molecule has 0 N–H and O–H groups in total. The number of ether oxygens (including phenoxy) is 3. The van der Waals surface area contributed by atoms with Gasteiger partial charge in [0.25, 0.3) is 0 Å². The van der Waals surface area contributed by atoms with Crippen LogP contribution >= 0.6 is 0 Å². The van der Waals surface area contributed by atoms with E-state index in [0.29, 0.717) is 51.3 Å². The molecule has 0 radical (unpaired) electrons. The summed E-state index contributed by atoms with van der Waals surface area (Å²) in [6.07, 6.45) is 7.24. The van der Waals surface area contributed by atoms with E-state index in [2.05, 4.69) is 0 Å². The second kappa shape index (κ2) is 16.0. The molecule has 0 amide bonds. The zero-order valence-electron chi connectivity index (χ0n) is 22.2. The molecular weight excluding hydrogens is 476 g/mol. The van der Waals surface area contributed by atoms with E-state index in [1.54, 1.807) is 21.3 Å². The summed E-state index contributed by atoms with van der Waals surface area (Å²) in [6, 6.07) is 1.73. The van der Waals surface area contributed by atoms with Crippen molar-refractivity contribution in [2.24, 2.45) is 5.92 Å². The lowest BCUT2D eigenvalue weighted by molar-refractivity contribution is 0.0648. The Labute approximate surface area is 208 Å². The molecule has 1 aliphatic carbocycles. The first-order valence-electron chi connectivity index (χ1n) is 12.9. The van der Waals surface area contributed by atoms with Crippen LogP contribution in [0.3, 0.4) is 0 Å². The highest BCUT2D eigenvalue weighted by Gasteiger charge is 2.45. The highest BCUT2D eigenvalue weighted by Crippen LogP contribution is 2.41.